The van der Waals surface area contributed by atoms with E-state index in [1.807, 2.05) is 0 Å². The van der Waals surface area contributed by atoms with Gasteiger partial charge in [-0.15, -0.1) is 0 Å². The van der Waals surface area contributed by atoms with E-state index in [0.717, 1.165) is 0 Å². The van der Waals surface area contributed by atoms with Gasteiger partial charge in [0.05, 0.1) is 4.90 Å². The lowest BCUT2D eigenvalue weighted by molar-refractivity contribution is 0.480. The first-order valence-electron chi connectivity index (χ1n) is 5.01. The Kier molecular flexibility index (Phi) is 3.31. The van der Waals surface area contributed by atoms with Crippen molar-refractivity contribution < 1.29 is 17.5 Å². The van der Waals surface area contributed by atoms with Gasteiger partial charge in [0.25, 0.3) is 0 Å². The molecule has 2 aromatic rings. The predicted octanol–water partition coefficient (Wildman–Crippen LogP) is 2.27. The third kappa shape index (κ3) is 3.06. The van der Waals surface area contributed by atoms with Crippen LogP contribution in [0.1, 0.15) is 0 Å². The highest BCUT2D eigenvalue weighted by atomic mass is 32.2. The number of primary sulfonamides is 1. The smallest absolute Gasteiger partial charge is 0.238 e. The molecule has 0 radical (unpaired) electrons. The molecular weight excluding hydrogens is 257 g/mol. The molecule has 0 amide bonds. The van der Waals surface area contributed by atoms with Crippen LogP contribution in [0, 0.1) is 5.82 Å². The molecule has 6 heteroatoms. The summed E-state index contributed by atoms with van der Waals surface area (Å²) in [5.74, 6) is 0.542. The topological polar surface area (TPSA) is 69.4 Å². The number of hydrogen-bond acceptors (Lipinski definition) is 3. The van der Waals surface area contributed by atoms with Gasteiger partial charge in [-0.2, -0.15) is 0 Å². The molecule has 0 spiro atoms. The van der Waals surface area contributed by atoms with Crippen LogP contribution < -0.4 is 9.88 Å². The zero-order valence-corrected chi connectivity index (χ0v) is 10.0. The van der Waals surface area contributed by atoms with E-state index in [0.29, 0.717) is 11.5 Å². The second kappa shape index (κ2) is 4.75. The summed E-state index contributed by atoms with van der Waals surface area (Å²) in [6.45, 7) is 0. The van der Waals surface area contributed by atoms with Gasteiger partial charge >= 0.3 is 0 Å². The summed E-state index contributed by atoms with van der Waals surface area (Å²) in [6, 6.07) is 11.1. The van der Waals surface area contributed by atoms with Gasteiger partial charge in [0.1, 0.15) is 17.3 Å². The van der Waals surface area contributed by atoms with Crippen molar-refractivity contribution in [2.45, 2.75) is 4.90 Å². The number of ether oxygens (including phenoxy) is 1. The van der Waals surface area contributed by atoms with Gasteiger partial charge in [-0.05, 0) is 48.5 Å². The Balaban J connectivity index is 2.18. The molecule has 0 heterocycles. The average molecular weight is 267 g/mol. The van der Waals surface area contributed by atoms with E-state index in [1.54, 1.807) is 0 Å². The van der Waals surface area contributed by atoms with Crippen molar-refractivity contribution in [2.75, 3.05) is 0 Å². The molecule has 0 saturated heterocycles. The van der Waals surface area contributed by atoms with Crippen LogP contribution in [-0.4, -0.2) is 8.42 Å². The summed E-state index contributed by atoms with van der Waals surface area (Å²) < 4.78 is 40.1. The Labute approximate surface area is 104 Å². The fraction of sp³-hybridized carbons (Fsp3) is 0. The molecule has 0 aliphatic heterocycles. The maximum Gasteiger partial charge on any atom is 0.238 e. The normalized spacial score (nSPS) is 11.2. The largest absolute Gasteiger partial charge is 0.457 e. The maximum atomic E-state index is 12.7. The highest BCUT2D eigenvalue weighted by Crippen LogP contribution is 2.22. The van der Waals surface area contributed by atoms with E-state index in [2.05, 4.69) is 0 Å². The monoisotopic (exact) mass is 267 g/mol. The van der Waals surface area contributed by atoms with Crippen LogP contribution in [0.15, 0.2) is 53.4 Å². The van der Waals surface area contributed by atoms with E-state index >= 15 is 0 Å². The predicted molar refractivity (Wildman–Crippen MR) is 64.3 cm³/mol. The van der Waals surface area contributed by atoms with Crippen LogP contribution in [0.3, 0.4) is 0 Å². The standard InChI is InChI=1S/C12H10FNO3S/c13-9-1-3-10(4-2-9)17-11-5-7-12(8-6-11)18(14,15)16/h1-8H,(H2,14,15,16). The Morgan fingerprint density at radius 3 is 1.78 bits per heavy atom. The minimum absolute atomic E-state index is 0.00829. The second-order valence-electron chi connectivity index (χ2n) is 3.57. The molecule has 2 rings (SSSR count). The molecule has 0 bridgehead atoms. The molecule has 94 valence electrons. The number of hydrogen-bond donors (Lipinski definition) is 1. The number of rotatable bonds is 3. The first kappa shape index (κ1) is 12.5. The third-order valence-electron chi connectivity index (χ3n) is 2.20. The van der Waals surface area contributed by atoms with Crippen molar-refractivity contribution in [1.29, 1.82) is 0 Å². The third-order valence-corrected chi connectivity index (χ3v) is 3.13. The van der Waals surface area contributed by atoms with Gasteiger partial charge in [0, 0.05) is 0 Å². The minimum Gasteiger partial charge on any atom is -0.457 e. The molecule has 2 N–H and O–H groups in total. The van der Waals surface area contributed by atoms with Crippen LogP contribution in [0.4, 0.5) is 4.39 Å². The molecule has 0 atom stereocenters. The molecule has 0 unspecified atom stereocenters. The van der Waals surface area contributed by atoms with Gasteiger partial charge in [-0.1, -0.05) is 0 Å². The first-order chi connectivity index (χ1) is 8.45. The zero-order chi connectivity index (χ0) is 13.2. The molecular formula is C12H10FNO3S. The zero-order valence-electron chi connectivity index (χ0n) is 9.21. The first-order valence-corrected chi connectivity index (χ1v) is 6.56. The number of benzene rings is 2. The summed E-state index contributed by atoms with van der Waals surface area (Å²) in [5.41, 5.74) is 0. The van der Waals surface area contributed by atoms with Crippen molar-refractivity contribution in [3.63, 3.8) is 0 Å². The van der Waals surface area contributed by atoms with Crippen molar-refractivity contribution >= 4 is 10.0 Å². The van der Waals surface area contributed by atoms with Gasteiger partial charge in [-0.25, -0.2) is 17.9 Å². The lowest BCUT2D eigenvalue weighted by Crippen LogP contribution is -2.11. The molecule has 0 saturated carbocycles. The Morgan fingerprint density at radius 1 is 0.889 bits per heavy atom. The van der Waals surface area contributed by atoms with Crippen LogP contribution >= 0.6 is 0 Å². The van der Waals surface area contributed by atoms with Crippen molar-refractivity contribution in [3.8, 4) is 11.5 Å². The Bertz CT molecular complexity index is 636. The highest BCUT2D eigenvalue weighted by Gasteiger charge is 2.07. The van der Waals surface area contributed by atoms with E-state index in [4.69, 9.17) is 9.88 Å². The fourth-order valence-corrected chi connectivity index (χ4v) is 1.85. The van der Waals surface area contributed by atoms with Crippen LogP contribution in [0.2, 0.25) is 0 Å². The summed E-state index contributed by atoms with van der Waals surface area (Å²) in [5, 5.41) is 4.97. The molecule has 0 aliphatic carbocycles. The van der Waals surface area contributed by atoms with Crippen molar-refractivity contribution in [1.82, 2.24) is 0 Å². The number of sulfonamides is 1. The lowest BCUT2D eigenvalue weighted by atomic mass is 10.3. The van der Waals surface area contributed by atoms with Gasteiger partial charge < -0.3 is 4.74 Å². The highest BCUT2D eigenvalue weighted by molar-refractivity contribution is 7.89. The summed E-state index contributed by atoms with van der Waals surface area (Å²) in [6.07, 6.45) is 0. The van der Waals surface area contributed by atoms with E-state index in [-0.39, 0.29) is 10.7 Å². The molecule has 2 aromatic carbocycles. The van der Waals surface area contributed by atoms with Gasteiger partial charge in [-0.3, -0.25) is 0 Å². The van der Waals surface area contributed by atoms with Gasteiger partial charge in [0.15, 0.2) is 0 Å². The summed E-state index contributed by atoms with van der Waals surface area (Å²) in [4.78, 5) is 0.00829. The maximum absolute atomic E-state index is 12.7. The molecule has 0 aliphatic rings. The summed E-state index contributed by atoms with van der Waals surface area (Å²) in [7, 11) is -3.70. The van der Waals surface area contributed by atoms with Gasteiger partial charge in [0.2, 0.25) is 10.0 Å². The average Bonchev–Trinajstić information content (AvgIpc) is 2.32. The minimum atomic E-state index is -3.70. The second-order valence-corrected chi connectivity index (χ2v) is 5.13. The molecule has 18 heavy (non-hydrogen) atoms. The molecule has 4 nitrogen and oxygen atoms in total. The number of nitrogens with two attached hydrogens (primary N) is 1. The lowest BCUT2D eigenvalue weighted by Gasteiger charge is -2.06. The van der Waals surface area contributed by atoms with E-state index < -0.39 is 10.0 Å². The number of halogens is 1. The fourth-order valence-electron chi connectivity index (χ4n) is 1.34. The SMILES string of the molecule is NS(=O)(=O)c1ccc(Oc2ccc(F)cc2)cc1. The van der Waals surface area contributed by atoms with E-state index in [9.17, 15) is 12.8 Å². The molecule has 0 aromatic heterocycles. The summed E-state index contributed by atoms with van der Waals surface area (Å²) >= 11 is 0. The Hall–Kier alpha value is -1.92. The van der Waals surface area contributed by atoms with E-state index in [1.165, 1.54) is 48.5 Å². The van der Waals surface area contributed by atoms with Crippen molar-refractivity contribution in [2.24, 2.45) is 5.14 Å². The quantitative estimate of drug-likeness (QED) is 0.927. The van der Waals surface area contributed by atoms with Crippen LogP contribution in [0.25, 0.3) is 0 Å². The van der Waals surface area contributed by atoms with Crippen LogP contribution in [0.5, 0.6) is 11.5 Å². The van der Waals surface area contributed by atoms with Crippen molar-refractivity contribution in [3.05, 3.63) is 54.3 Å². The van der Waals surface area contributed by atoms with Crippen LogP contribution in [-0.2, 0) is 10.0 Å². The molecule has 0 fully saturated rings. The Morgan fingerprint density at radius 2 is 1.33 bits per heavy atom.